The molecule has 170 valence electrons. The lowest BCUT2D eigenvalue weighted by Gasteiger charge is -2.62. The second kappa shape index (κ2) is 7.47. The molecule has 1 saturated heterocycles. The molecule has 31 heavy (non-hydrogen) atoms. The van der Waals surface area contributed by atoms with Crippen molar-refractivity contribution in [1.82, 2.24) is 0 Å². The first-order valence-corrected chi connectivity index (χ1v) is 11.1. The van der Waals surface area contributed by atoms with Crippen LogP contribution in [0.5, 0.6) is 0 Å². The van der Waals surface area contributed by atoms with Crippen molar-refractivity contribution in [2.45, 2.75) is 84.2 Å². The molecule has 8 atom stereocenters. The van der Waals surface area contributed by atoms with Crippen molar-refractivity contribution in [3.05, 3.63) is 24.2 Å². The number of esters is 2. The smallest absolute Gasteiger partial charge is 0.303 e. The molecule has 1 aromatic heterocycles. The fourth-order valence-corrected chi connectivity index (χ4v) is 6.74. The maximum Gasteiger partial charge on any atom is 0.303 e. The minimum atomic E-state index is -0.761. The Morgan fingerprint density at radius 1 is 1.19 bits per heavy atom. The summed E-state index contributed by atoms with van der Waals surface area (Å²) in [4.78, 5) is 37.1. The predicted molar refractivity (Wildman–Crippen MR) is 110 cm³/mol. The highest BCUT2D eigenvalue weighted by atomic mass is 16.6. The molecule has 0 spiro atoms. The third-order valence-electron chi connectivity index (χ3n) is 8.58. The van der Waals surface area contributed by atoms with Crippen LogP contribution in [0.1, 0.15) is 59.4 Å². The summed E-state index contributed by atoms with van der Waals surface area (Å²) >= 11 is 0. The molecule has 7 nitrogen and oxygen atoms in total. The van der Waals surface area contributed by atoms with Crippen molar-refractivity contribution < 1.29 is 33.0 Å². The Kier molecular flexibility index (Phi) is 5.31. The molecule has 1 unspecified atom stereocenters. The minimum absolute atomic E-state index is 0.0522. The number of aldehydes is 1. The topological polar surface area (TPSA) is 95.3 Å². The van der Waals surface area contributed by atoms with Crippen molar-refractivity contribution in [2.24, 2.45) is 22.7 Å². The highest BCUT2D eigenvalue weighted by Gasteiger charge is 2.78. The summed E-state index contributed by atoms with van der Waals surface area (Å²) in [5.74, 6) is -1.31. The number of rotatable bonds is 6. The molecule has 2 heterocycles. The monoisotopic (exact) mass is 432 g/mol. The Hall–Kier alpha value is -2.15. The van der Waals surface area contributed by atoms with Gasteiger partial charge in [0.05, 0.1) is 18.6 Å². The van der Waals surface area contributed by atoms with Crippen LogP contribution < -0.4 is 0 Å². The molecule has 1 aliphatic heterocycles. The van der Waals surface area contributed by atoms with Crippen LogP contribution in [0.3, 0.4) is 0 Å². The zero-order valence-electron chi connectivity index (χ0n) is 18.9. The van der Waals surface area contributed by atoms with Crippen molar-refractivity contribution >= 4 is 18.2 Å². The maximum absolute atomic E-state index is 12.9. The highest BCUT2D eigenvalue weighted by molar-refractivity contribution is 5.69. The Labute approximate surface area is 182 Å². The molecule has 0 bridgehead atoms. The first-order valence-electron chi connectivity index (χ1n) is 11.1. The van der Waals surface area contributed by atoms with E-state index in [1.807, 2.05) is 26.8 Å². The van der Waals surface area contributed by atoms with Crippen LogP contribution >= 0.6 is 0 Å². The van der Waals surface area contributed by atoms with E-state index in [1.165, 1.54) is 13.8 Å². The number of fused-ring (bicyclic) bond motifs is 3. The lowest BCUT2D eigenvalue weighted by molar-refractivity contribution is -0.241. The van der Waals surface area contributed by atoms with E-state index in [0.717, 1.165) is 24.7 Å². The molecule has 7 heteroatoms. The SMILES string of the molecule is CC(=O)O[C@H]1[C@H](C)[C@@](C=O)(CCc2ccoc2)[C@@H]2CCC3O[C@@]3(C)[C@@]2(C)[C@H]1OC(C)=O. The molecular formula is C24H32O7. The van der Waals surface area contributed by atoms with Crippen LogP contribution in [0, 0.1) is 22.7 Å². The van der Waals surface area contributed by atoms with Crippen LogP contribution in [-0.2, 0) is 35.0 Å². The zero-order valence-corrected chi connectivity index (χ0v) is 18.9. The predicted octanol–water partition coefficient (Wildman–Crippen LogP) is 3.48. The van der Waals surface area contributed by atoms with E-state index >= 15 is 0 Å². The van der Waals surface area contributed by atoms with E-state index < -0.39 is 40.6 Å². The van der Waals surface area contributed by atoms with Gasteiger partial charge in [-0.1, -0.05) is 13.8 Å². The average molecular weight is 433 g/mol. The van der Waals surface area contributed by atoms with E-state index in [9.17, 15) is 14.4 Å². The first-order chi connectivity index (χ1) is 14.6. The van der Waals surface area contributed by atoms with E-state index in [0.29, 0.717) is 12.8 Å². The number of furan rings is 1. The molecule has 4 rings (SSSR count). The molecule has 0 radical (unpaired) electrons. The van der Waals surface area contributed by atoms with Gasteiger partial charge in [-0.25, -0.2) is 0 Å². The quantitative estimate of drug-likeness (QED) is 0.386. The van der Waals surface area contributed by atoms with Crippen molar-refractivity contribution in [3.8, 4) is 0 Å². The standard InChI is InChI=1S/C24H32O7/c1-14-20(29-15(2)26)21(30-16(3)27)22(4)18(6-7-19-23(22,5)31-19)24(14,13-25)10-8-17-9-11-28-12-17/h9,11-14,18-21H,6-8,10H2,1-5H3/t14-,18+,19?,20-,21-,22+,23+,24-/m0/s1. The molecule has 0 aromatic carbocycles. The highest BCUT2D eigenvalue weighted by Crippen LogP contribution is 2.70. The van der Waals surface area contributed by atoms with Crippen molar-refractivity contribution in [3.63, 3.8) is 0 Å². The van der Waals surface area contributed by atoms with Gasteiger partial charge in [-0.05, 0) is 50.2 Å². The number of epoxide rings is 1. The second-order valence-electron chi connectivity index (χ2n) is 9.88. The van der Waals surface area contributed by atoms with E-state index in [-0.39, 0.29) is 17.9 Å². The van der Waals surface area contributed by atoms with Gasteiger partial charge in [-0.3, -0.25) is 9.59 Å². The first kappa shape index (κ1) is 22.1. The molecule has 0 N–H and O–H groups in total. The van der Waals surface area contributed by atoms with Crippen LogP contribution in [0.2, 0.25) is 0 Å². The normalized spacial score (nSPS) is 43.3. The number of aryl methyl sites for hydroxylation is 1. The molecular weight excluding hydrogens is 400 g/mol. The number of carbonyl (C=O) groups excluding carboxylic acids is 3. The Balaban J connectivity index is 1.82. The number of carbonyl (C=O) groups is 3. The zero-order chi connectivity index (χ0) is 22.6. The van der Waals surface area contributed by atoms with Crippen LogP contribution in [0.4, 0.5) is 0 Å². The van der Waals surface area contributed by atoms with Crippen LogP contribution in [-0.4, -0.2) is 42.1 Å². The van der Waals surface area contributed by atoms with Crippen LogP contribution in [0.25, 0.3) is 0 Å². The summed E-state index contributed by atoms with van der Waals surface area (Å²) in [6, 6.07) is 1.90. The van der Waals surface area contributed by atoms with Gasteiger partial charge in [-0.2, -0.15) is 0 Å². The summed E-state index contributed by atoms with van der Waals surface area (Å²) in [6.07, 6.45) is 5.90. The fourth-order valence-electron chi connectivity index (χ4n) is 6.74. The van der Waals surface area contributed by atoms with Crippen molar-refractivity contribution in [1.29, 1.82) is 0 Å². The molecule has 2 saturated carbocycles. The van der Waals surface area contributed by atoms with Gasteiger partial charge < -0.3 is 23.4 Å². The second-order valence-corrected chi connectivity index (χ2v) is 9.88. The number of hydrogen-bond acceptors (Lipinski definition) is 7. The summed E-state index contributed by atoms with van der Waals surface area (Å²) in [7, 11) is 0. The summed E-state index contributed by atoms with van der Waals surface area (Å²) in [5.41, 5.74) is -0.962. The van der Waals surface area contributed by atoms with Gasteiger partial charge in [0.1, 0.15) is 24.1 Å². The minimum Gasteiger partial charge on any atom is -0.472 e. The molecule has 1 aromatic rings. The molecule has 3 fully saturated rings. The largest absolute Gasteiger partial charge is 0.472 e. The summed E-state index contributed by atoms with van der Waals surface area (Å²) in [6.45, 7) is 8.73. The maximum atomic E-state index is 12.9. The lowest BCUT2D eigenvalue weighted by atomic mass is 9.42. The van der Waals surface area contributed by atoms with Gasteiger partial charge in [0.2, 0.25) is 0 Å². The lowest BCUT2D eigenvalue weighted by Crippen LogP contribution is -2.70. The summed E-state index contributed by atoms with van der Waals surface area (Å²) < 4.78 is 23.0. The Morgan fingerprint density at radius 2 is 1.90 bits per heavy atom. The Morgan fingerprint density at radius 3 is 2.48 bits per heavy atom. The third-order valence-corrected chi connectivity index (χ3v) is 8.58. The fraction of sp³-hybridized carbons (Fsp3) is 0.708. The van der Waals surface area contributed by atoms with Gasteiger partial charge in [0.15, 0.2) is 0 Å². The van der Waals surface area contributed by atoms with Gasteiger partial charge in [-0.15, -0.1) is 0 Å². The number of ether oxygens (including phenoxy) is 3. The van der Waals surface area contributed by atoms with Crippen molar-refractivity contribution in [2.75, 3.05) is 0 Å². The van der Waals surface area contributed by atoms with E-state index in [4.69, 9.17) is 18.6 Å². The Bertz CT molecular complexity index is 863. The van der Waals surface area contributed by atoms with Gasteiger partial charge >= 0.3 is 11.9 Å². The van der Waals surface area contributed by atoms with Gasteiger partial charge in [0.25, 0.3) is 0 Å². The molecule has 3 aliphatic rings. The molecule has 2 aliphatic carbocycles. The third kappa shape index (κ3) is 3.15. The van der Waals surface area contributed by atoms with Crippen LogP contribution in [0.15, 0.2) is 23.0 Å². The van der Waals surface area contributed by atoms with Gasteiger partial charge in [0, 0.05) is 30.6 Å². The average Bonchev–Trinajstić information content (AvgIpc) is 3.14. The van der Waals surface area contributed by atoms with E-state index in [1.54, 1.807) is 12.5 Å². The summed E-state index contributed by atoms with van der Waals surface area (Å²) in [5, 5.41) is 0. The number of hydrogen-bond donors (Lipinski definition) is 0. The van der Waals surface area contributed by atoms with E-state index in [2.05, 4.69) is 0 Å². The molecule has 0 amide bonds.